The number of amides is 1. The van der Waals surface area contributed by atoms with Crippen LogP contribution in [0.1, 0.15) is 17.2 Å². The van der Waals surface area contributed by atoms with E-state index in [9.17, 15) is 20.2 Å². The summed E-state index contributed by atoms with van der Waals surface area (Å²) in [6, 6.07) is 8.94. The molecular formula is C21H23N3O7S. The van der Waals surface area contributed by atoms with E-state index in [1.165, 1.54) is 52.3 Å². The van der Waals surface area contributed by atoms with Gasteiger partial charge in [-0.25, -0.2) is 0 Å². The maximum absolute atomic E-state index is 12.4. The lowest BCUT2D eigenvalue weighted by Crippen LogP contribution is -2.29. The lowest BCUT2D eigenvalue weighted by Gasteiger charge is -2.17. The Morgan fingerprint density at radius 2 is 1.72 bits per heavy atom. The lowest BCUT2D eigenvalue weighted by atomic mass is 10.1. The van der Waals surface area contributed by atoms with Gasteiger partial charge in [0.25, 0.3) is 0 Å². The summed E-state index contributed by atoms with van der Waals surface area (Å²) < 4.78 is 20.8. The highest BCUT2D eigenvalue weighted by Gasteiger charge is 2.20. The second-order valence-electron chi connectivity index (χ2n) is 6.34. The molecule has 1 atom stereocenters. The van der Waals surface area contributed by atoms with E-state index >= 15 is 0 Å². The second kappa shape index (κ2) is 11.7. The minimum absolute atomic E-state index is 0.0580. The van der Waals surface area contributed by atoms with Crippen LogP contribution in [0.3, 0.4) is 0 Å². The van der Waals surface area contributed by atoms with Crippen molar-refractivity contribution in [1.29, 1.82) is 5.26 Å². The molecule has 0 bridgehead atoms. The molecule has 0 saturated heterocycles. The fraction of sp³-hybridized carbons (Fsp3) is 0.333. The van der Waals surface area contributed by atoms with Crippen molar-refractivity contribution in [1.82, 2.24) is 5.32 Å². The van der Waals surface area contributed by atoms with Crippen molar-refractivity contribution in [3.05, 3.63) is 51.6 Å². The summed E-state index contributed by atoms with van der Waals surface area (Å²) in [4.78, 5) is 23.0. The molecule has 0 radical (unpaired) electrons. The van der Waals surface area contributed by atoms with Gasteiger partial charge in [0.05, 0.1) is 45.2 Å². The van der Waals surface area contributed by atoms with Gasteiger partial charge in [0.15, 0.2) is 17.2 Å². The van der Waals surface area contributed by atoms with E-state index in [0.29, 0.717) is 34.1 Å². The predicted octanol–water partition coefficient (Wildman–Crippen LogP) is 3.24. The molecular weight excluding hydrogens is 438 g/mol. The van der Waals surface area contributed by atoms with Gasteiger partial charge in [-0.2, -0.15) is 5.26 Å². The van der Waals surface area contributed by atoms with Gasteiger partial charge in [0.1, 0.15) is 6.04 Å². The Morgan fingerprint density at radius 3 is 2.22 bits per heavy atom. The fourth-order valence-electron chi connectivity index (χ4n) is 2.89. The van der Waals surface area contributed by atoms with Crippen LogP contribution >= 0.6 is 11.8 Å². The van der Waals surface area contributed by atoms with E-state index in [4.69, 9.17) is 18.9 Å². The molecule has 0 saturated carbocycles. The topological polar surface area (TPSA) is 133 Å². The smallest absolute Gasteiger partial charge is 0.311 e. The van der Waals surface area contributed by atoms with E-state index in [1.807, 2.05) is 6.07 Å². The molecule has 1 N–H and O–H groups in total. The molecule has 2 aromatic rings. The average Bonchev–Trinajstić information content (AvgIpc) is 2.81. The van der Waals surface area contributed by atoms with Crippen LogP contribution in [-0.4, -0.2) is 45.0 Å². The molecule has 0 aliphatic rings. The molecule has 2 rings (SSSR count). The van der Waals surface area contributed by atoms with Crippen molar-refractivity contribution < 1.29 is 28.7 Å². The van der Waals surface area contributed by atoms with Crippen molar-refractivity contribution in [3.63, 3.8) is 0 Å². The van der Waals surface area contributed by atoms with Crippen molar-refractivity contribution >= 4 is 23.4 Å². The summed E-state index contributed by atoms with van der Waals surface area (Å²) in [5.41, 5.74) is 1.02. The molecule has 170 valence electrons. The largest absolute Gasteiger partial charge is 0.493 e. The Hall–Kier alpha value is -3.65. The first-order valence-electron chi connectivity index (χ1n) is 9.26. The maximum Gasteiger partial charge on any atom is 0.311 e. The van der Waals surface area contributed by atoms with Gasteiger partial charge in [-0.05, 0) is 29.3 Å². The first-order chi connectivity index (χ1) is 15.4. The van der Waals surface area contributed by atoms with Gasteiger partial charge < -0.3 is 24.3 Å². The van der Waals surface area contributed by atoms with Gasteiger partial charge >= 0.3 is 5.69 Å². The van der Waals surface area contributed by atoms with Crippen LogP contribution in [0, 0.1) is 21.4 Å². The van der Waals surface area contributed by atoms with E-state index < -0.39 is 11.0 Å². The number of nitriles is 1. The highest BCUT2D eigenvalue weighted by Crippen LogP contribution is 2.39. The molecule has 1 unspecified atom stereocenters. The summed E-state index contributed by atoms with van der Waals surface area (Å²) in [5.74, 6) is 1.36. The van der Waals surface area contributed by atoms with E-state index in [-0.39, 0.29) is 23.1 Å². The number of hydrogen-bond acceptors (Lipinski definition) is 9. The molecule has 11 heteroatoms. The summed E-state index contributed by atoms with van der Waals surface area (Å²) in [5, 5.41) is 23.3. The van der Waals surface area contributed by atoms with Crippen molar-refractivity contribution in [2.24, 2.45) is 0 Å². The van der Waals surface area contributed by atoms with Crippen molar-refractivity contribution in [3.8, 4) is 29.1 Å². The Kier molecular flexibility index (Phi) is 8.97. The highest BCUT2D eigenvalue weighted by atomic mass is 32.2. The number of nitrogens with one attached hydrogen (secondary N) is 1. The number of nitro groups is 1. The number of methoxy groups -OCH3 is 4. The van der Waals surface area contributed by atoms with Crippen LogP contribution in [0.15, 0.2) is 30.3 Å². The summed E-state index contributed by atoms with van der Waals surface area (Å²) in [7, 11) is 5.75. The zero-order valence-electron chi connectivity index (χ0n) is 18.0. The molecule has 1 amide bonds. The van der Waals surface area contributed by atoms with Crippen molar-refractivity contribution in [2.75, 3.05) is 34.2 Å². The third-order valence-electron chi connectivity index (χ3n) is 4.40. The molecule has 0 fully saturated rings. The third-order valence-corrected chi connectivity index (χ3v) is 5.40. The quantitative estimate of drug-likeness (QED) is 0.395. The van der Waals surface area contributed by atoms with Gasteiger partial charge in [0, 0.05) is 11.8 Å². The first kappa shape index (κ1) is 24.6. The van der Waals surface area contributed by atoms with Crippen LogP contribution in [0.2, 0.25) is 0 Å². The highest BCUT2D eigenvalue weighted by molar-refractivity contribution is 7.99. The monoisotopic (exact) mass is 461 g/mol. The average molecular weight is 461 g/mol. The Bertz CT molecular complexity index is 998. The number of nitro benzene ring substituents is 1. The SMILES string of the molecule is COc1ccc(CSCC(=O)NC(C#N)c2cc(OC)c(OC)c(OC)c2)cc1[N+](=O)[O-]. The zero-order chi connectivity index (χ0) is 23.7. The standard InChI is InChI=1S/C21H23N3O7S/c1-28-17-6-5-13(7-16(17)24(26)27)11-32-12-20(25)23-15(10-22)14-8-18(29-2)21(31-4)19(9-14)30-3/h5-9,15H,11-12H2,1-4H3,(H,23,25). The number of carbonyl (C=O) groups excluding carboxylic acids is 1. The molecule has 0 spiro atoms. The summed E-state index contributed by atoms with van der Waals surface area (Å²) >= 11 is 1.26. The predicted molar refractivity (Wildman–Crippen MR) is 118 cm³/mol. The van der Waals surface area contributed by atoms with Gasteiger partial charge in [-0.15, -0.1) is 11.8 Å². The number of carbonyl (C=O) groups is 1. The molecule has 0 aliphatic carbocycles. The maximum atomic E-state index is 12.4. The normalized spacial score (nSPS) is 11.1. The number of nitrogens with zero attached hydrogens (tertiary/aromatic N) is 2. The molecule has 10 nitrogen and oxygen atoms in total. The minimum Gasteiger partial charge on any atom is -0.493 e. The zero-order valence-corrected chi connectivity index (χ0v) is 18.9. The number of thioether (sulfide) groups is 1. The molecule has 32 heavy (non-hydrogen) atoms. The molecule has 0 aromatic heterocycles. The fourth-order valence-corrected chi connectivity index (χ4v) is 3.68. The number of ether oxygens (including phenoxy) is 4. The first-order valence-corrected chi connectivity index (χ1v) is 10.4. The van der Waals surface area contributed by atoms with Crippen LogP contribution in [0.5, 0.6) is 23.0 Å². The van der Waals surface area contributed by atoms with Gasteiger partial charge in [-0.3, -0.25) is 14.9 Å². The van der Waals surface area contributed by atoms with Crippen molar-refractivity contribution in [2.45, 2.75) is 11.8 Å². The van der Waals surface area contributed by atoms with Crippen LogP contribution < -0.4 is 24.3 Å². The summed E-state index contributed by atoms with van der Waals surface area (Å²) in [6.07, 6.45) is 0. The second-order valence-corrected chi connectivity index (χ2v) is 7.33. The number of benzene rings is 2. The third kappa shape index (κ3) is 5.95. The number of hydrogen-bond donors (Lipinski definition) is 1. The van der Waals surface area contributed by atoms with E-state index in [2.05, 4.69) is 5.32 Å². The minimum atomic E-state index is -0.932. The van der Waals surface area contributed by atoms with E-state index in [1.54, 1.807) is 18.2 Å². The number of rotatable bonds is 11. The lowest BCUT2D eigenvalue weighted by molar-refractivity contribution is -0.385. The molecule has 0 heterocycles. The Morgan fingerprint density at radius 1 is 1.09 bits per heavy atom. The van der Waals surface area contributed by atoms with Crippen LogP contribution in [0.25, 0.3) is 0 Å². The molecule has 0 aliphatic heterocycles. The molecule has 2 aromatic carbocycles. The van der Waals surface area contributed by atoms with Gasteiger partial charge in [0.2, 0.25) is 11.7 Å². The Labute approximate surface area is 189 Å². The van der Waals surface area contributed by atoms with E-state index in [0.717, 1.165) is 0 Å². The van der Waals surface area contributed by atoms with Crippen LogP contribution in [-0.2, 0) is 10.5 Å². The van der Waals surface area contributed by atoms with Crippen LogP contribution in [0.4, 0.5) is 5.69 Å². The Balaban J connectivity index is 2.04. The summed E-state index contributed by atoms with van der Waals surface area (Å²) in [6.45, 7) is 0. The van der Waals surface area contributed by atoms with Gasteiger partial charge in [-0.1, -0.05) is 6.07 Å².